The van der Waals surface area contributed by atoms with Crippen LogP contribution in [0.3, 0.4) is 0 Å². The van der Waals surface area contributed by atoms with Gasteiger partial charge in [0.2, 0.25) is 5.91 Å². The van der Waals surface area contributed by atoms with Crippen molar-refractivity contribution in [3.63, 3.8) is 0 Å². The maximum absolute atomic E-state index is 13.6. The van der Waals surface area contributed by atoms with Gasteiger partial charge in [0.05, 0.1) is 43.8 Å². The predicted octanol–water partition coefficient (Wildman–Crippen LogP) is -4.85. The van der Waals surface area contributed by atoms with Crippen LogP contribution in [0.1, 0.15) is 77.2 Å². The molecule has 4 aliphatic rings. The van der Waals surface area contributed by atoms with E-state index in [-0.39, 0.29) is 30.4 Å². The van der Waals surface area contributed by atoms with Crippen molar-refractivity contribution in [1.82, 2.24) is 25.6 Å². The second-order valence-corrected chi connectivity index (χ2v) is 18.1. The van der Waals surface area contributed by atoms with E-state index in [0.717, 1.165) is 32.1 Å². The number of amides is 2. The second kappa shape index (κ2) is 23.4. The standard InChI is InChI=1S/C43H66N6O20/c1-18-11-22(19(2)20(3)30(18)54)39(61)45-13-25(52)31(55)38-29(46-28(53)15-49-14-23(47-48-49)21-7-5-4-6-8-21)24(51)12-43(69-38,42(62)63)65-17-27-32(56)33(57)35(59)41(67-27)68-37-26(16-50)66-40(64-10-9-44)36(60)34(37)58/h11,14,21,24-27,29,31-38,40-41,50-52,54-60H,4-10,12-13,15-17,44H2,1-3H3,(H,45,61)(H,46,53)(H,62,63)/t24?,25-,26?,27?,29-,31-,32+,33?,34?,35?,36?,37-,38?,40-,41+,43-/m1/s1. The third-order valence-electron chi connectivity index (χ3n) is 13.3. The number of carbonyl (C=O) groups is 3. The molecule has 4 fully saturated rings. The number of carbonyl (C=O) groups excluding carboxylic acids is 2. The summed E-state index contributed by atoms with van der Waals surface area (Å²) in [6.45, 7) is 1.77. The highest BCUT2D eigenvalue weighted by molar-refractivity contribution is 5.96. The zero-order chi connectivity index (χ0) is 50.5. The lowest BCUT2D eigenvalue weighted by Gasteiger charge is -2.48. The summed E-state index contributed by atoms with van der Waals surface area (Å²) in [6, 6.07) is -0.237. The van der Waals surface area contributed by atoms with Crippen LogP contribution in [0.25, 0.3) is 0 Å². The van der Waals surface area contributed by atoms with E-state index in [1.165, 1.54) is 10.7 Å². The number of aromatic hydroxyl groups is 1. The molecule has 2 aromatic rings. The highest BCUT2D eigenvalue weighted by atomic mass is 16.8. The van der Waals surface area contributed by atoms with Crippen molar-refractivity contribution < 1.29 is 99.0 Å². The number of aliphatic hydroxyl groups is 9. The monoisotopic (exact) mass is 986 g/mol. The van der Waals surface area contributed by atoms with Gasteiger partial charge in [0.1, 0.15) is 73.3 Å². The van der Waals surface area contributed by atoms with E-state index in [1.807, 2.05) is 0 Å². The highest BCUT2D eigenvalue weighted by Crippen LogP contribution is 2.36. The van der Waals surface area contributed by atoms with Gasteiger partial charge in [0.25, 0.3) is 11.7 Å². The normalized spacial score (nSPS) is 34.2. The minimum absolute atomic E-state index is 0.0143. The van der Waals surface area contributed by atoms with E-state index in [4.69, 9.17) is 34.2 Å². The number of benzene rings is 1. The first-order valence-electron chi connectivity index (χ1n) is 22.9. The third-order valence-corrected chi connectivity index (χ3v) is 13.3. The van der Waals surface area contributed by atoms with E-state index in [1.54, 1.807) is 27.0 Å². The molecule has 388 valence electrons. The summed E-state index contributed by atoms with van der Waals surface area (Å²) in [7, 11) is 0. The van der Waals surface area contributed by atoms with Gasteiger partial charge in [-0.05, 0) is 56.4 Å². The summed E-state index contributed by atoms with van der Waals surface area (Å²) in [5.74, 6) is -6.23. The molecular weight excluding hydrogens is 920 g/mol. The number of aliphatic hydroxyl groups excluding tert-OH is 9. The van der Waals surface area contributed by atoms with Crippen LogP contribution >= 0.6 is 0 Å². The molecule has 8 unspecified atom stereocenters. The zero-order valence-corrected chi connectivity index (χ0v) is 38.4. The molecule has 1 aliphatic carbocycles. The van der Waals surface area contributed by atoms with Crippen molar-refractivity contribution in [1.29, 1.82) is 0 Å². The summed E-state index contributed by atoms with van der Waals surface area (Å²) in [6.07, 6.45) is -20.5. The number of nitrogens with one attached hydrogen (secondary N) is 2. The van der Waals surface area contributed by atoms with Crippen LogP contribution in [-0.2, 0) is 44.6 Å². The number of hydrogen-bond acceptors (Lipinski definition) is 22. The first-order valence-corrected chi connectivity index (χ1v) is 22.9. The smallest absolute Gasteiger partial charge is 0.364 e. The maximum Gasteiger partial charge on any atom is 0.364 e. The molecule has 4 heterocycles. The van der Waals surface area contributed by atoms with Crippen LogP contribution in [0.15, 0.2) is 12.3 Å². The number of nitrogens with two attached hydrogens (primary N) is 1. The van der Waals surface area contributed by atoms with E-state index in [2.05, 4.69) is 20.9 Å². The molecule has 6 rings (SSSR count). The van der Waals surface area contributed by atoms with Crippen molar-refractivity contribution >= 4 is 17.8 Å². The summed E-state index contributed by atoms with van der Waals surface area (Å²) in [4.78, 5) is 40.0. The minimum Gasteiger partial charge on any atom is -0.507 e. The lowest BCUT2D eigenvalue weighted by Crippen LogP contribution is -2.69. The number of ether oxygens (including phenoxy) is 6. The van der Waals surface area contributed by atoms with Crippen molar-refractivity contribution in [3.8, 4) is 5.75 Å². The molecule has 0 spiro atoms. The first-order chi connectivity index (χ1) is 32.7. The fraction of sp³-hybridized carbons (Fsp3) is 0.744. The summed E-state index contributed by atoms with van der Waals surface area (Å²) in [5, 5.41) is 133. The minimum atomic E-state index is -2.97. The van der Waals surface area contributed by atoms with Crippen molar-refractivity contribution in [3.05, 3.63) is 40.2 Å². The van der Waals surface area contributed by atoms with Crippen LogP contribution in [0.2, 0.25) is 0 Å². The molecule has 16 atom stereocenters. The van der Waals surface area contributed by atoms with Crippen LogP contribution in [-0.4, -0.2) is 220 Å². The number of hydrogen-bond donors (Lipinski definition) is 14. The number of carboxylic acids is 1. The number of rotatable bonds is 19. The molecule has 26 heteroatoms. The third kappa shape index (κ3) is 12.2. The molecule has 3 saturated heterocycles. The van der Waals surface area contributed by atoms with Crippen LogP contribution in [0.4, 0.5) is 0 Å². The average Bonchev–Trinajstić information content (AvgIpc) is 3.80. The largest absolute Gasteiger partial charge is 0.507 e. The van der Waals surface area contributed by atoms with Gasteiger partial charge >= 0.3 is 5.97 Å². The van der Waals surface area contributed by atoms with Gasteiger partial charge in [0.15, 0.2) is 12.6 Å². The number of aromatic nitrogens is 3. The Morgan fingerprint density at radius 1 is 0.942 bits per heavy atom. The Hall–Kier alpha value is -4.07. The van der Waals surface area contributed by atoms with E-state index in [9.17, 15) is 70.6 Å². The summed E-state index contributed by atoms with van der Waals surface area (Å²) in [5.41, 5.74) is 7.53. The van der Waals surface area contributed by atoms with E-state index >= 15 is 0 Å². The molecule has 15 N–H and O–H groups in total. The van der Waals surface area contributed by atoms with E-state index in [0.29, 0.717) is 22.4 Å². The Balaban J connectivity index is 1.20. The molecule has 2 amide bonds. The molecule has 1 aromatic heterocycles. The number of phenols is 1. The Morgan fingerprint density at radius 3 is 2.29 bits per heavy atom. The van der Waals surface area contributed by atoms with Gasteiger partial charge < -0.3 is 101 Å². The number of aliphatic carboxylic acids is 1. The number of aryl methyl sites for hydroxylation is 1. The average molecular weight is 987 g/mol. The van der Waals surface area contributed by atoms with Crippen molar-refractivity contribution in [2.45, 2.75) is 169 Å². The lowest BCUT2D eigenvalue weighted by atomic mass is 9.87. The lowest BCUT2D eigenvalue weighted by molar-refractivity contribution is -0.367. The first kappa shape index (κ1) is 54.3. The second-order valence-electron chi connectivity index (χ2n) is 18.1. The van der Waals surface area contributed by atoms with Crippen LogP contribution < -0.4 is 16.4 Å². The number of carboxylic acid groups (broad SMARTS) is 1. The molecule has 3 aliphatic heterocycles. The molecule has 0 radical (unpaired) electrons. The zero-order valence-electron chi connectivity index (χ0n) is 38.4. The Kier molecular flexibility index (Phi) is 18.4. The number of phenolic OH excluding ortho intramolecular Hbond substituents is 1. The molecule has 69 heavy (non-hydrogen) atoms. The molecule has 1 saturated carbocycles. The van der Waals surface area contributed by atoms with Crippen LogP contribution in [0.5, 0.6) is 5.75 Å². The fourth-order valence-corrected chi connectivity index (χ4v) is 9.09. The molecule has 26 nitrogen and oxygen atoms in total. The quantitative estimate of drug-likeness (QED) is 0.0628. The van der Waals surface area contributed by atoms with Gasteiger partial charge in [-0.2, -0.15) is 0 Å². The van der Waals surface area contributed by atoms with Gasteiger partial charge in [0, 0.05) is 37.2 Å². The molecular formula is C43H66N6O20. The summed E-state index contributed by atoms with van der Waals surface area (Å²) >= 11 is 0. The molecule has 1 aromatic carbocycles. The van der Waals surface area contributed by atoms with Gasteiger partial charge in [-0.1, -0.05) is 24.5 Å². The van der Waals surface area contributed by atoms with Gasteiger partial charge in [-0.25, -0.2) is 9.48 Å². The van der Waals surface area contributed by atoms with Gasteiger partial charge in [-0.15, -0.1) is 5.10 Å². The number of nitrogens with zero attached hydrogens (tertiary/aromatic N) is 3. The Bertz CT molecular complexity index is 2060. The van der Waals surface area contributed by atoms with E-state index < -0.39 is 148 Å². The topological polar surface area (TPSA) is 410 Å². The SMILES string of the molecule is Cc1cc(C(=O)NC[C@@H](O)[C@@H](O)C2O[C@@](OCC3O[C@@H](O[C@@H]4C(CO)O[C@@H](OCCN)C(O)C4O)C(O)C(O)[C@H]3O)(C(=O)O)CC(O)[C@H]2NC(=O)Cn2cc(C3CCCCC3)nn2)c(C)c(C)c1O. The highest BCUT2D eigenvalue weighted by Gasteiger charge is 2.57. The fourth-order valence-electron chi connectivity index (χ4n) is 9.09. The Morgan fingerprint density at radius 2 is 1.62 bits per heavy atom. The van der Waals surface area contributed by atoms with Crippen molar-refractivity contribution in [2.75, 3.05) is 32.9 Å². The van der Waals surface area contributed by atoms with Gasteiger partial charge in [-0.3, -0.25) is 9.59 Å². The molecule has 0 bridgehead atoms. The maximum atomic E-state index is 13.6. The summed E-state index contributed by atoms with van der Waals surface area (Å²) < 4.78 is 35.1. The predicted molar refractivity (Wildman–Crippen MR) is 231 cm³/mol. The van der Waals surface area contributed by atoms with Crippen molar-refractivity contribution in [2.24, 2.45) is 5.73 Å². The Labute approximate surface area is 395 Å². The van der Waals surface area contributed by atoms with Crippen LogP contribution in [0, 0.1) is 20.8 Å².